The van der Waals surface area contributed by atoms with Crippen LogP contribution in [0.2, 0.25) is 0 Å². The van der Waals surface area contributed by atoms with Crippen LogP contribution in [0.3, 0.4) is 0 Å². The molecular formula is C13H16N4O2S. The molecule has 7 heteroatoms. The molecule has 0 aliphatic rings. The lowest BCUT2D eigenvalue weighted by Gasteiger charge is -2.11. The summed E-state index contributed by atoms with van der Waals surface area (Å²) in [6.07, 6.45) is 1.58. The SMILES string of the molecule is CCOc1ccccc1OCCn1cnc(C(N)=S)n1. The number of nitrogens with two attached hydrogens (primary N) is 1. The van der Waals surface area contributed by atoms with Gasteiger partial charge < -0.3 is 15.2 Å². The molecule has 0 radical (unpaired) electrons. The largest absolute Gasteiger partial charge is 0.490 e. The second-order valence-electron chi connectivity index (χ2n) is 3.92. The number of para-hydroxylation sites is 2. The fourth-order valence-corrected chi connectivity index (χ4v) is 1.70. The molecule has 0 atom stereocenters. The van der Waals surface area contributed by atoms with E-state index in [1.54, 1.807) is 11.0 Å². The van der Waals surface area contributed by atoms with E-state index in [-0.39, 0.29) is 4.99 Å². The first-order chi connectivity index (χ1) is 9.70. The molecule has 6 nitrogen and oxygen atoms in total. The van der Waals surface area contributed by atoms with Crippen molar-refractivity contribution in [1.29, 1.82) is 0 Å². The van der Waals surface area contributed by atoms with Crippen molar-refractivity contribution in [3.63, 3.8) is 0 Å². The fraction of sp³-hybridized carbons (Fsp3) is 0.308. The number of aromatic nitrogens is 3. The van der Waals surface area contributed by atoms with Crippen molar-refractivity contribution >= 4 is 17.2 Å². The molecule has 0 saturated carbocycles. The average molecular weight is 292 g/mol. The highest BCUT2D eigenvalue weighted by Crippen LogP contribution is 2.26. The molecule has 2 N–H and O–H groups in total. The van der Waals surface area contributed by atoms with E-state index in [1.165, 1.54) is 0 Å². The zero-order valence-electron chi connectivity index (χ0n) is 11.2. The molecule has 0 amide bonds. The van der Waals surface area contributed by atoms with Gasteiger partial charge in [0.15, 0.2) is 11.5 Å². The van der Waals surface area contributed by atoms with Gasteiger partial charge in [-0.25, -0.2) is 9.67 Å². The summed E-state index contributed by atoms with van der Waals surface area (Å²) >= 11 is 4.80. The topological polar surface area (TPSA) is 75.2 Å². The number of rotatable bonds is 7. The van der Waals surface area contributed by atoms with Gasteiger partial charge in [0.1, 0.15) is 17.9 Å². The molecule has 0 aliphatic heterocycles. The summed E-state index contributed by atoms with van der Waals surface area (Å²) in [5.74, 6) is 1.82. The first kappa shape index (κ1) is 14.3. The Morgan fingerprint density at radius 1 is 1.30 bits per heavy atom. The zero-order valence-corrected chi connectivity index (χ0v) is 12.0. The van der Waals surface area contributed by atoms with Crippen LogP contribution in [-0.4, -0.2) is 33.0 Å². The number of hydrogen-bond donors (Lipinski definition) is 1. The lowest BCUT2D eigenvalue weighted by atomic mass is 10.3. The summed E-state index contributed by atoms with van der Waals surface area (Å²) in [6, 6.07) is 7.55. The van der Waals surface area contributed by atoms with Gasteiger partial charge in [-0.05, 0) is 19.1 Å². The van der Waals surface area contributed by atoms with Crippen molar-refractivity contribution in [2.45, 2.75) is 13.5 Å². The molecule has 0 saturated heterocycles. The summed E-state index contributed by atoms with van der Waals surface area (Å²) in [5.41, 5.74) is 5.45. The van der Waals surface area contributed by atoms with E-state index in [0.29, 0.717) is 31.3 Å². The Bertz CT molecular complexity index is 585. The Balaban J connectivity index is 1.90. The third-order valence-electron chi connectivity index (χ3n) is 2.48. The Labute approximate surface area is 122 Å². The number of hydrogen-bond acceptors (Lipinski definition) is 5. The summed E-state index contributed by atoms with van der Waals surface area (Å²) in [4.78, 5) is 4.18. The van der Waals surface area contributed by atoms with Gasteiger partial charge >= 0.3 is 0 Å². The second-order valence-corrected chi connectivity index (χ2v) is 4.36. The van der Waals surface area contributed by atoms with E-state index in [2.05, 4.69) is 10.1 Å². The van der Waals surface area contributed by atoms with Crippen molar-refractivity contribution < 1.29 is 9.47 Å². The number of thiocarbonyl (C=S) groups is 1. The van der Waals surface area contributed by atoms with E-state index >= 15 is 0 Å². The highest BCUT2D eigenvalue weighted by atomic mass is 32.1. The molecule has 20 heavy (non-hydrogen) atoms. The first-order valence-electron chi connectivity index (χ1n) is 6.24. The van der Waals surface area contributed by atoms with Gasteiger partial charge in [-0.15, -0.1) is 5.10 Å². The minimum atomic E-state index is 0.186. The maximum Gasteiger partial charge on any atom is 0.208 e. The van der Waals surface area contributed by atoms with Crippen LogP contribution >= 0.6 is 12.2 Å². The predicted octanol–water partition coefficient (Wildman–Crippen LogP) is 1.39. The van der Waals surface area contributed by atoms with Gasteiger partial charge in [0, 0.05) is 0 Å². The van der Waals surface area contributed by atoms with E-state index in [9.17, 15) is 0 Å². The summed E-state index contributed by atoms with van der Waals surface area (Å²) in [6.45, 7) is 3.53. The van der Waals surface area contributed by atoms with Gasteiger partial charge in [0.25, 0.3) is 0 Å². The minimum Gasteiger partial charge on any atom is -0.490 e. The Kier molecular flexibility index (Phi) is 4.89. The van der Waals surface area contributed by atoms with Crippen LogP contribution in [0, 0.1) is 0 Å². The molecule has 1 heterocycles. The van der Waals surface area contributed by atoms with E-state index in [1.807, 2.05) is 31.2 Å². The second kappa shape index (κ2) is 6.85. The maximum atomic E-state index is 5.69. The monoisotopic (exact) mass is 292 g/mol. The lowest BCUT2D eigenvalue weighted by molar-refractivity contribution is 0.262. The smallest absolute Gasteiger partial charge is 0.208 e. The van der Waals surface area contributed by atoms with Gasteiger partial charge in [-0.1, -0.05) is 24.4 Å². The molecule has 2 aromatic rings. The van der Waals surface area contributed by atoms with E-state index in [0.717, 1.165) is 5.75 Å². The van der Waals surface area contributed by atoms with Crippen LogP contribution in [0.15, 0.2) is 30.6 Å². The molecule has 0 unspecified atom stereocenters. The van der Waals surface area contributed by atoms with Gasteiger partial charge in [-0.3, -0.25) is 0 Å². The van der Waals surface area contributed by atoms with Crippen molar-refractivity contribution in [2.75, 3.05) is 13.2 Å². The lowest BCUT2D eigenvalue weighted by Crippen LogP contribution is -2.14. The highest BCUT2D eigenvalue weighted by molar-refractivity contribution is 7.80. The molecule has 0 spiro atoms. The summed E-state index contributed by atoms with van der Waals surface area (Å²) < 4.78 is 12.8. The van der Waals surface area contributed by atoms with Crippen LogP contribution in [0.25, 0.3) is 0 Å². The molecular weight excluding hydrogens is 276 g/mol. The standard InChI is InChI=1S/C13H16N4O2S/c1-2-18-10-5-3-4-6-11(10)19-8-7-17-9-15-13(16-17)12(14)20/h3-6,9H,2,7-8H2,1H3,(H2,14,20). The molecule has 2 rings (SSSR count). The zero-order chi connectivity index (χ0) is 14.4. The Morgan fingerprint density at radius 3 is 2.60 bits per heavy atom. The first-order valence-corrected chi connectivity index (χ1v) is 6.65. The summed E-state index contributed by atoms with van der Waals surface area (Å²) in [5, 5.41) is 4.13. The number of nitrogens with zero attached hydrogens (tertiary/aromatic N) is 3. The van der Waals surface area contributed by atoms with Gasteiger partial charge in [0.2, 0.25) is 5.82 Å². The third kappa shape index (κ3) is 3.67. The normalized spacial score (nSPS) is 10.2. The fourth-order valence-electron chi connectivity index (χ4n) is 1.61. The Morgan fingerprint density at radius 2 is 2.00 bits per heavy atom. The number of ether oxygens (including phenoxy) is 2. The maximum absolute atomic E-state index is 5.69. The Hall–Kier alpha value is -2.15. The van der Waals surface area contributed by atoms with Crippen LogP contribution in [0.5, 0.6) is 11.5 Å². The van der Waals surface area contributed by atoms with Crippen LogP contribution in [0.4, 0.5) is 0 Å². The van der Waals surface area contributed by atoms with Crippen LogP contribution in [0.1, 0.15) is 12.7 Å². The van der Waals surface area contributed by atoms with E-state index < -0.39 is 0 Å². The van der Waals surface area contributed by atoms with Gasteiger partial charge in [0.05, 0.1) is 13.2 Å². The quantitative estimate of drug-likeness (QED) is 0.777. The molecule has 1 aromatic carbocycles. The molecule has 0 aliphatic carbocycles. The average Bonchev–Trinajstić information content (AvgIpc) is 2.90. The van der Waals surface area contributed by atoms with Crippen molar-refractivity contribution in [3.8, 4) is 11.5 Å². The van der Waals surface area contributed by atoms with E-state index in [4.69, 9.17) is 27.4 Å². The molecule has 0 bridgehead atoms. The minimum absolute atomic E-state index is 0.186. The van der Waals surface area contributed by atoms with Crippen molar-refractivity contribution in [1.82, 2.24) is 14.8 Å². The third-order valence-corrected chi connectivity index (χ3v) is 2.67. The molecule has 1 aromatic heterocycles. The van der Waals surface area contributed by atoms with Gasteiger partial charge in [-0.2, -0.15) is 0 Å². The van der Waals surface area contributed by atoms with Crippen LogP contribution in [-0.2, 0) is 6.54 Å². The van der Waals surface area contributed by atoms with Crippen molar-refractivity contribution in [3.05, 3.63) is 36.4 Å². The van der Waals surface area contributed by atoms with Crippen LogP contribution < -0.4 is 15.2 Å². The predicted molar refractivity (Wildman–Crippen MR) is 79.0 cm³/mol. The molecule has 106 valence electrons. The number of benzene rings is 1. The molecule has 0 fully saturated rings. The summed E-state index contributed by atoms with van der Waals surface area (Å²) in [7, 11) is 0. The van der Waals surface area contributed by atoms with Crippen molar-refractivity contribution in [2.24, 2.45) is 5.73 Å². The highest BCUT2D eigenvalue weighted by Gasteiger charge is 2.05.